The summed E-state index contributed by atoms with van der Waals surface area (Å²) >= 11 is 0. The predicted molar refractivity (Wildman–Crippen MR) is 72.9 cm³/mol. The van der Waals surface area contributed by atoms with Gasteiger partial charge in [0.1, 0.15) is 4.90 Å². The number of nitrogens with zero attached hydrogens (tertiary/aromatic N) is 1. The fourth-order valence-electron chi connectivity index (χ4n) is 2.33. The maximum atomic E-state index is 11.6. The molecular weight excluding hydrogens is 250 g/mol. The number of anilines is 2. The first-order valence-electron chi connectivity index (χ1n) is 6.16. The van der Waals surface area contributed by atoms with E-state index in [0.29, 0.717) is 11.4 Å². The van der Waals surface area contributed by atoms with Crippen LogP contribution in [0.5, 0.6) is 0 Å². The van der Waals surface area contributed by atoms with Crippen molar-refractivity contribution in [2.75, 3.05) is 23.7 Å². The van der Waals surface area contributed by atoms with Crippen LogP contribution in [0, 0.1) is 0 Å². The van der Waals surface area contributed by atoms with Crippen molar-refractivity contribution in [1.29, 1.82) is 0 Å². The number of rotatable bonds is 2. The van der Waals surface area contributed by atoms with Crippen LogP contribution in [0.2, 0.25) is 0 Å². The van der Waals surface area contributed by atoms with Gasteiger partial charge in [-0.25, -0.2) is 13.6 Å². The zero-order valence-corrected chi connectivity index (χ0v) is 11.1. The van der Waals surface area contributed by atoms with Gasteiger partial charge in [-0.2, -0.15) is 0 Å². The van der Waals surface area contributed by atoms with Gasteiger partial charge in [0.05, 0.1) is 5.69 Å². The van der Waals surface area contributed by atoms with Gasteiger partial charge in [-0.15, -0.1) is 0 Å². The van der Waals surface area contributed by atoms with Crippen LogP contribution in [0.1, 0.15) is 25.7 Å². The van der Waals surface area contributed by atoms with E-state index < -0.39 is 10.0 Å². The molecule has 0 atom stereocenters. The third-order valence-corrected chi connectivity index (χ3v) is 4.18. The Bertz CT molecular complexity index is 520. The number of sulfonamides is 1. The van der Waals surface area contributed by atoms with Crippen molar-refractivity contribution in [3.8, 4) is 0 Å². The summed E-state index contributed by atoms with van der Waals surface area (Å²) in [5.74, 6) is 0. The molecule has 2 rings (SSSR count). The summed E-state index contributed by atoms with van der Waals surface area (Å²) in [6, 6.07) is 4.91. The molecule has 5 nitrogen and oxygen atoms in total. The van der Waals surface area contributed by atoms with Gasteiger partial charge in [0.2, 0.25) is 10.0 Å². The van der Waals surface area contributed by atoms with E-state index in [2.05, 4.69) is 4.90 Å². The van der Waals surface area contributed by atoms with Crippen molar-refractivity contribution in [3.63, 3.8) is 0 Å². The molecule has 100 valence electrons. The number of hydrogen-bond donors (Lipinski definition) is 2. The van der Waals surface area contributed by atoms with Crippen molar-refractivity contribution in [3.05, 3.63) is 18.2 Å². The van der Waals surface area contributed by atoms with Crippen molar-refractivity contribution < 1.29 is 8.42 Å². The van der Waals surface area contributed by atoms with Gasteiger partial charge in [-0.05, 0) is 31.0 Å². The maximum Gasteiger partial charge on any atom is 0.240 e. The minimum absolute atomic E-state index is 0.129. The highest BCUT2D eigenvalue weighted by Gasteiger charge is 2.19. The molecular formula is C12H19N3O2S. The average Bonchev–Trinajstić information content (AvgIpc) is 2.56. The van der Waals surface area contributed by atoms with Gasteiger partial charge in [0.15, 0.2) is 0 Å². The summed E-state index contributed by atoms with van der Waals surface area (Å²) in [5.41, 5.74) is 6.74. The van der Waals surface area contributed by atoms with E-state index in [-0.39, 0.29) is 4.90 Å². The topological polar surface area (TPSA) is 89.4 Å². The van der Waals surface area contributed by atoms with Crippen LogP contribution in [0.25, 0.3) is 0 Å². The molecule has 1 saturated heterocycles. The first-order valence-corrected chi connectivity index (χ1v) is 7.70. The van der Waals surface area contributed by atoms with E-state index in [1.807, 2.05) is 0 Å². The monoisotopic (exact) mass is 269 g/mol. The Morgan fingerprint density at radius 3 is 2.22 bits per heavy atom. The van der Waals surface area contributed by atoms with E-state index in [1.54, 1.807) is 12.1 Å². The molecule has 6 heteroatoms. The molecule has 0 bridgehead atoms. The van der Waals surface area contributed by atoms with Crippen LogP contribution in [0.15, 0.2) is 23.1 Å². The first-order chi connectivity index (χ1) is 8.48. The van der Waals surface area contributed by atoms with Crippen LogP contribution in [-0.4, -0.2) is 21.5 Å². The van der Waals surface area contributed by atoms with Crippen LogP contribution in [0.3, 0.4) is 0 Å². The second-order valence-corrected chi connectivity index (χ2v) is 6.20. The van der Waals surface area contributed by atoms with Gasteiger partial charge in [0.25, 0.3) is 0 Å². The summed E-state index contributed by atoms with van der Waals surface area (Å²) < 4.78 is 23.3. The second kappa shape index (κ2) is 5.16. The zero-order valence-electron chi connectivity index (χ0n) is 10.3. The van der Waals surface area contributed by atoms with Crippen LogP contribution in [0.4, 0.5) is 11.4 Å². The van der Waals surface area contributed by atoms with Crippen LogP contribution < -0.4 is 15.8 Å². The molecule has 1 aromatic carbocycles. The highest BCUT2D eigenvalue weighted by Crippen LogP contribution is 2.28. The minimum atomic E-state index is -3.74. The standard InChI is InChI=1S/C12H19N3O2S/c13-10-5-6-11(12(9-10)18(14,16)17)15-7-3-1-2-4-8-15/h5-6,9H,1-4,7-8,13H2,(H2,14,16,17). The van der Waals surface area contributed by atoms with Gasteiger partial charge in [-0.3, -0.25) is 0 Å². The van der Waals surface area contributed by atoms with Crippen molar-refractivity contribution in [2.24, 2.45) is 5.14 Å². The fraction of sp³-hybridized carbons (Fsp3) is 0.500. The quantitative estimate of drug-likeness (QED) is 0.792. The van der Waals surface area contributed by atoms with E-state index in [0.717, 1.165) is 25.9 Å². The largest absolute Gasteiger partial charge is 0.399 e. The van der Waals surface area contributed by atoms with Crippen molar-refractivity contribution >= 4 is 21.4 Å². The van der Waals surface area contributed by atoms with Gasteiger partial charge < -0.3 is 10.6 Å². The van der Waals surface area contributed by atoms with E-state index >= 15 is 0 Å². The number of benzene rings is 1. The number of nitrogens with two attached hydrogens (primary N) is 2. The smallest absolute Gasteiger partial charge is 0.240 e. The summed E-state index contributed by atoms with van der Waals surface area (Å²) in [6.45, 7) is 1.73. The minimum Gasteiger partial charge on any atom is -0.399 e. The van der Waals surface area contributed by atoms with E-state index in [1.165, 1.54) is 18.9 Å². The Hall–Kier alpha value is -1.27. The molecule has 0 aromatic heterocycles. The lowest BCUT2D eigenvalue weighted by atomic mass is 10.2. The molecule has 0 unspecified atom stereocenters. The molecule has 0 amide bonds. The summed E-state index contributed by atoms with van der Waals surface area (Å²) in [6.07, 6.45) is 4.54. The highest BCUT2D eigenvalue weighted by molar-refractivity contribution is 7.89. The summed E-state index contributed by atoms with van der Waals surface area (Å²) in [5, 5.41) is 5.26. The molecule has 1 aliphatic rings. The Morgan fingerprint density at radius 1 is 1.06 bits per heavy atom. The van der Waals surface area contributed by atoms with Gasteiger partial charge in [-0.1, -0.05) is 12.8 Å². The SMILES string of the molecule is Nc1ccc(N2CCCCCC2)c(S(N)(=O)=O)c1. The van der Waals surface area contributed by atoms with Crippen molar-refractivity contribution in [2.45, 2.75) is 30.6 Å². The molecule has 1 aliphatic heterocycles. The highest BCUT2D eigenvalue weighted by atomic mass is 32.2. The molecule has 1 aromatic rings. The average molecular weight is 269 g/mol. The van der Waals surface area contributed by atoms with Crippen LogP contribution in [-0.2, 0) is 10.0 Å². The normalized spacial score (nSPS) is 17.5. The number of nitrogen functional groups attached to an aromatic ring is 1. The molecule has 1 heterocycles. The predicted octanol–water partition coefficient (Wildman–Crippen LogP) is 1.30. The Kier molecular flexibility index (Phi) is 3.77. The zero-order chi connectivity index (χ0) is 13.2. The van der Waals surface area contributed by atoms with Gasteiger partial charge >= 0.3 is 0 Å². The number of primary sulfonamides is 1. The molecule has 0 aliphatic carbocycles. The maximum absolute atomic E-state index is 11.6. The van der Waals surface area contributed by atoms with E-state index in [4.69, 9.17) is 10.9 Å². The summed E-state index contributed by atoms with van der Waals surface area (Å²) in [7, 11) is -3.74. The second-order valence-electron chi connectivity index (χ2n) is 4.67. The Morgan fingerprint density at radius 2 is 1.67 bits per heavy atom. The summed E-state index contributed by atoms with van der Waals surface area (Å²) in [4.78, 5) is 2.22. The van der Waals surface area contributed by atoms with Crippen LogP contribution >= 0.6 is 0 Å². The third-order valence-electron chi connectivity index (χ3n) is 3.24. The molecule has 1 fully saturated rings. The lowest BCUT2D eigenvalue weighted by molar-refractivity contribution is 0.597. The molecule has 18 heavy (non-hydrogen) atoms. The lowest BCUT2D eigenvalue weighted by Gasteiger charge is -2.24. The Labute approximate surface area is 108 Å². The molecule has 0 saturated carbocycles. The molecule has 0 radical (unpaired) electrons. The third kappa shape index (κ3) is 2.94. The van der Waals surface area contributed by atoms with E-state index in [9.17, 15) is 8.42 Å². The number of hydrogen-bond acceptors (Lipinski definition) is 4. The van der Waals surface area contributed by atoms with Gasteiger partial charge in [0, 0.05) is 18.8 Å². The molecule has 0 spiro atoms. The lowest BCUT2D eigenvalue weighted by Crippen LogP contribution is -2.27. The Balaban J connectivity index is 2.43. The fourth-order valence-corrected chi connectivity index (χ4v) is 3.12. The molecule has 4 N–H and O–H groups in total. The van der Waals surface area contributed by atoms with Crippen molar-refractivity contribution in [1.82, 2.24) is 0 Å². The first kappa shape index (κ1) is 13.2.